The molecule has 6 heteroatoms. The number of hydrogen-bond acceptors (Lipinski definition) is 3. The summed E-state index contributed by atoms with van der Waals surface area (Å²) in [4.78, 5) is 13.3. The van der Waals surface area contributed by atoms with Crippen molar-refractivity contribution in [1.29, 1.82) is 0 Å². The molecular formula is C26H33BrN2O3. The molecule has 5 aliphatic rings. The molecule has 5 fully saturated rings. The van der Waals surface area contributed by atoms with E-state index in [-0.39, 0.29) is 5.91 Å². The van der Waals surface area contributed by atoms with Gasteiger partial charge in [0.2, 0.25) is 0 Å². The van der Waals surface area contributed by atoms with Gasteiger partial charge in [-0.1, -0.05) is 22.0 Å². The Kier molecular flexibility index (Phi) is 5.19. The summed E-state index contributed by atoms with van der Waals surface area (Å²) >= 11 is 3.66. The standard InChI is InChI=1S/C26H33BrN2O3/c27-21-2-1-3-22-23(21)20(14-29(22)7-5-26(31)15-32-16-26)24(30)28-6-4-25-11-17-8-18(12-25)10-19(9-17)13-25/h1-3,14,17-19,31H,4-13,15-16H2,(H,28,30). The van der Waals surface area contributed by atoms with Crippen LogP contribution in [0.2, 0.25) is 0 Å². The van der Waals surface area contributed by atoms with E-state index in [1.807, 2.05) is 24.4 Å². The molecule has 0 atom stereocenters. The van der Waals surface area contributed by atoms with E-state index in [1.165, 1.54) is 38.5 Å². The highest BCUT2D eigenvalue weighted by Crippen LogP contribution is 2.61. The van der Waals surface area contributed by atoms with Crippen molar-refractivity contribution in [1.82, 2.24) is 9.88 Å². The molecule has 2 heterocycles. The Balaban J connectivity index is 1.16. The summed E-state index contributed by atoms with van der Waals surface area (Å²) in [7, 11) is 0. The number of amides is 1. The van der Waals surface area contributed by atoms with Crippen molar-refractivity contribution in [3.05, 3.63) is 34.4 Å². The van der Waals surface area contributed by atoms with Gasteiger partial charge in [-0.15, -0.1) is 0 Å². The van der Waals surface area contributed by atoms with Gasteiger partial charge in [0.05, 0.1) is 18.8 Å². The summed E-state index contributed by atoms with van der Waals surface area (Å²) < 4.78 is 8.21. The molecule has 2 aromatic rings. The summed E-state index contributed by atoms with van der Waals surface area (Å²) in [5.41, 5.74) is 1.49. The summed E-state index contributed by atoms with van der Waals surface area (Å²) in [6.45, 7) is 2.22. The number of carbonyl (C=O) groups is 1. The Hall–Kier alpha value is -1.37. The molecule has 0 radical (unpaired) electrons. The average molecular weight is 501 g/mol. The van der Waals surface area contributed by atoms with Crippen molar-refractivity contribution >= 4 is 32.7 Å². The molecule has 1 saturated heterocycles. The Labute approximate surface area is 198 Å². The molecule has 4 saturated carbocycles. The third-order valence-corrected chi connectivity index (χ3v) is 9.43. The van der Waals surface area contributed by atoms with E-state index in [2.05, 4.69) is 25.8 Å². The lowest BCUT2D eigenvalue weighted by Crippen LogP contribution is -2.50. The van der Waals surface area contributed by atoms with Crippen molar-refractivity contribution in [2.75, 3.05) is 19.8 Å². The van der Waals surface area contributed by atoms with E-state index >= 15 is 0 Å². The minimum Gasteiger partial charge on any atom is -0.385 e. The molecule has 172 valence electrons. The van der Waals surface area contributed by atoms with Crippen LogP contribution in [0.4, 0.5) is 0 Å². The van der Waals surface area contributed by atoms with Gasteiger partial charge in [0.25, 0.3) is 5.91 Å². The normalized spacial score (nSPS) is 32.2. The van der Waals surface area contributed by atoms with Crippen molar-refractivity contribution < 1.29 is 14.6 Å². The lowest BCUT2D eigenvalue weighted by Gasteiger charge is -2.57. The summed E-state index contributed by atoms with van der Waals surface area (Å²) in [6, 6.07) is 6.04. The molecule has 32 heavy (non-hydrogen) atoms. The molecule has 5 nitrogen and oxygen atoms in total. The predicted octanol–water partition coefficient (Wildman–Crippen LogP) is 4.89. The highest BCUT2D eigenvalue weighted by Gasteiger charge is 2.50. The first-order chi connectivity index (χ1) is 15.4. The topological polar surface area (TPSA) is 63.5 Å². The third kappa shape index (κ3) is 3.72. The number of carbonyl (C=O) groups excluding carboxylic acids is 1. The Morgan fingerprint density at radius 1 is 1.12 bits per heavy atom. The fourth-order valence-corrected chi connectivity index (χ4v) is 8.18. The molecule has 7 rings (SSSR count). The van der Waals surface area contributed by atoms with E-state index in [0.717, 1.165) is 51.7 Å². The van der Waals surface area contributed by atoms with Crippen molar-refractivity contribution in [2.45, 2.75) is 63.5 Å². The Bertz CT molecular complexity index is 1010. The van der Waals surface area contributed by atoms with Crippen LogP contribution in [0.3, 0.4) is 0 Å². The number of fused-ring (bicyclic) bond motifs is 1. The van der Waals surface area contributed by atoms with Gasteiger partial charge in [0.1, 0.15) is 5.60 Å². The van der Waals surface area contributed by atoms with Crippen LogP contribution in [0.25, 0.3) is 10.9 Å². The number of rotatable bonds is 7. The first-order valence-corrected chi connectivity index (χ1v) is 13.1. The van der Waals surface area contributed by atoms with Gasteiger partial charge in [-0.25, -0.2) is 0 Å². The van der Waals surface area contributed by atoms with Gasteiger partial charge in [-0.3, -0.25) is 4.79 Å². The first kappa shape index (κ1) is 21.2. The predicted molar refractivity (Wildman–Crippen MR) is 128 cm³/mol. The highest BCUT2D eigenvalue weighted by molar-refractivity contribution is 9.10. The molecule has 1 amide bonds. The van der Waals surface area contributed by atoms with Crippen LogP contribution >= 0.6 is 15.9 Å². The zero-order valence-corrected chi connectivity index (χ0v) is 20.2. The number of halogens is 1. The minimum atomic E-state index is -0.733. The zero-order chi connectivity index (χ0) is 21.9. The van der Waals surface area contributed by atoms with Gasteiger partial charge in [0, 0.05) is 34.7 Å². The maximum absolute atomic E-state index is 13.3. The molecule has 1 aromatic heterocycles. The maximum atomic E-state index is 13.3. The molecule has 4 bridgehead atoms. The fourth-order valence-electron chi connectivity index (χ4n) is 7.61. The van der Waals surface area contributed by atoms with Crippen molar-refractivity contribution in [3.63, 3.8) is 0 Å². The van der Waals surface area contributed by atoms with Crippen LogP contribution < -0.4 is 5.32 Å². The van der Waals surface area contributed by atoms with E-state index in [4.69, 9.17) is 4.74 Å². The smallest absolute Gasteiger partial charge is 0.253 e. The second kappa shape index (κ2) is 7.85. The second-order valence-electron chi connectivity index (χ2n) is 11.3. The summed E-state index contributed by atoms with van der Waals surface area (Å²) in [6.07, 6.45) is 12.2. The van der Waals surface area contributed by atoms with E-state index in [1.54, 1.807) is 0 Å². The number of nitrogens with one attached hydrogen (secondary N) is 1. The lowest BCUT2D eigenvalue weighted by atomic mass is 9.49. The molecular weight excluding hydrogens is 468 g/mol. The highest BCUT2D eigenvalue weighted by atomic mass is 79.9. The van der Waals surface area contributed by atoms with Crippen molar-refractivity contribution in [3.8, 4) is 0 Å². The summed E-state index contributed by atoms with van der Waals surface area (Å²) in [5, 5.41) is 14.6. The fraction of sp³-hybridized carbons (Fsp3) is 0.654. The molecule has 4 aliphatic carbocycles. The third-order valence-electron chi connectivity index (χ3n) is 8.77. The van der Waals surface area contributed by atoms with Gasteiger partial charge in [0.15, 0.2) is 0 Å². The molecule has 0 spiro atoms. The number of aromatic nitrogens is 1. The number of benzene rings is 1. The lowest BCUT2D eigenvalue weighted by molar-refractivity contribution is -0.182. The molecule has 1 aliphatic heterocycles. The molecule has 1 aromatic carbocycles. The quantitative estimate of drug-likeness (QED) is 0.568. The number of aliphatic hydroxyl groups is 1. The SMILES string of the molecule is O=C(NCCC12CC3CC(CC(C3)C1)C2)c1cn(CCC2(O)COC2)c2cccc(Br)c12. The zero-order valence-electron chi connectivity index (χ0n) is 18.6. The van der Waals surface area contributed by atoms with Crippen LogP contribution in [-0.2, 0) is 11.3 Å². The largest absolute Gasteiger partial charge is 0.385 e. The van der Waals surface area contributed by atoms with Crippen LogP contribution in [-0.4, -0.2) is 40.9 Å². The Morgan fingerprint density at radius 3 is 2.44 bits per heavy atom. The van der Waals surface area contributed by atoms with E-state index < -0.39 is 5.60 Å². The molecule has 0 unspecified atom stereocenters. The van der Waals surface area contributed by atoms with Crippen LogP contribution in [0.5, 0.6) is 0 Å². The number of ether oxygens (including phenoxy) is 1. The van der Waals surface area contributed by atoms with E-state index in [9.17, 15) is 9.90 Å². The number of aryl methyl sites for hydroxylation is 1. The summed E-state index contributed by atoms with van der Waals surface area (Å²) in [5.74, 6) is 2.85. The first-order valence-electron chi connectivity index (χ1n) is 12.3. The Morgan fingerprint density at radius 2 is 1.81 bits per heavy atom. The average Bonchev–Trinajstić information content (AvgIpc) is 3.10. The van der Waals surface area contributed by atoms with Crippen LogP contribution in [0, 0.1) is 23.2 Å². The second-order valence-corrected chi connectivity index (χ2v) is 12.1. The van der Waals surface area contributed by atoms with Gasteiger partial charge < -0.3 is 19.7 Å². The maximum Gasteiger partial charge on any atom is 0.253 e. The van der Waals surface area contributed by atoms with Crippen LogP contribution in [0.1, 0.15) is 61.7 Å². The molecule has 2 N–H and O–H groups in total. The van der Waals surface area contributed by atoms with Crippen LogP contribution in [0.15, 0.2) is 28.9 Å². The van der Waals surface area contributed by atoms with Gasteiger partial charge in [-0.05, 0) is 86.7 Å². The van der Waals surface area contributed by atoms with E-state index in [0.29, 0.717) is 31.6 Å². The number of nitrogens with zero attached hydrogens (tertiary/aromatic N) is 1. The van der Waals surface area contributed by atoms with Gasteiger partial charge in [-0.2, -0.15) is 0 Å². The monoisotopic (exact) mass is 500 g/mol. The van der Waals surface area contributed by atoms with Gasteiger partial charge >= 0.3 is 0 Å². The van der Waals surface area contributed by atoms with Crippen molar-refractivity contribution in [2.24, 2.45) is 23.2 Å². The number of hydrogen-bond donors (Lipinski definition) is 2. The minimum absolute atomic E-state index is 0.0102.